The average molecular weight is 231 g/mol. The van der Waals surface area contributed by atoms with Gasteiger partial charge in [0.15, 0.2) is 0 Å². The minimum absolute atomic E-state index is 0.0838. The monoisotopic (exact) mass is 231 g/mol. The number of benzene rings is 1. The van der Waals surface area contributed by atoms with Crippen molar-refractivity contribution in [3.05, 3.63) is 36.0 Å². The molecule has 3 rings (SSSR count). The molecular formula is C12H13N3O2. The molecule has 1 unspecified atom stereocenters. The third kappa shape index (κ3) is 1.80. The Morgan fingerprint density at radius 3 is 3.12 bits per heavy atom. The number of hydrogen-bond donors (Lipinski definition) is 2. The Hall–Kier alpha value is -2.17. The highest BCUT2D eigenvalue weighted by Gasteiger charge is 2.24. The minimum atomic E-state index is 0.0838. The van der Waals surface area contributed by atoms with Gasteiger partial charge in [0.1, 0.15) is 23.9 Å². The van der Waals surface area contributed by atoms with Crippen LogP contribution in [0.15, 0.2) is 30.5 Å². The van der Waals surface area contributed by atoms with Gasteiger partial charge in [-0.1, -0.05) is 0 Å². The normalized spacial score (nSPS) is 17.6. The molecule has 2 heterocycles. The van der Waals surface area contributed by atoms with Crippen molar-refractivity contribution in [2.24, 2.45) is 7.05 Å². The Morgan fingerprint density at radius 2 is 2.35 bits per heavy atom. The summed E-state index contributed by atoms with van der Waals surface area (Å²) in [5, 5.41) is 16.9. The largest absolute Gasteiger partial charge is 0.508 e. The van der Waals surface area contributed by atoms with Crippen molar-refractivity contribution in [3.63, 3.8) is 0 Å². The summed E-state index contributed by atoms with van der Waals surface area (Å²) in [6.45, 7) is 0.551. The fourth-order valence-electron chi connectivity index (χ4n) is 1.99. The lowest BCUT2D eigenvalue weighted by Crippen LogP contribution is -2.12. The van der Waals surface area contributed by atoms with E-state index in [1.54, 1.807) is 16.8 Å². The minimum Gasteiger partial charge on any atom is -0.508 e. The van der Waals surface area contributed by atoms with Gasteiger partial charge in [-0.15, -0.1) is 0 Å². The van der Waals surface area contributed by atoms with Crippen LogP contribution in [-0.4, -0.2) is 21.5 Å². The predicted octanol–water partition coefficient (Wildman–Crippen LogP) is 1.67. The summed E-state index contributed by atoms with van der Waals surface area (Å²) in [6, 6.07) is 7.17. The van der Waals surface area contributed by atoms with Crippen molar-refractivity contribution in [3.8, 4) is 11.5 Å². The summed E-state index contributed by atoms with van der Waals surface area (Å²) in [6.07, 6.45) is 1.88. The molecule has 0 fully saturated rings. The number of fused-ring (bicyclic) bond motifs is 1. The topological polar surface area (TPSA) is 59.3 Å². The number of anilines is 1. The van der Waals surface area contributed by atoms with Crippen molar-refractivity contribution in [1.82, 2.24) is 9.78 Å². The summed E-state index contributed by atoms with van der Waals surface area (Å²) in [5.74, 6) is 1.78. The molecule has 1 atom stereocenters. The maximum atomic E-state index is 9.36. The third-order valence-corrected chi connectivity index (χ3v) is 2.81. The van der Waals surface area contributed by atoms with Crippen molar-refractivity contribution < 1.29 is 9.84 Å². The molecule has 0 bridgehead atoms. The van der Waals surface area contributed by atoms with Crippen LogP contribution in [0.4, 0.5) is 5.82 Å². The van der Waals surface area contributed by atoms with E-state index in [9.17, 15) is 5.11 Å². The molecule has 17 heavy (non-hydrogen) atoms. The molecule has 1 aliphatic heterocycles. The molecule has 5 nitrogen and oxygen atoms in total. The number of ether oxygens (including phenoxy) is 1. The van der Waals surface area contributed by atoms with Gasteiger partial charge in [0.05, 0.1) is 6.04 Å². The van der Waals surface area contributed by atoms with E-state index < -0.39 is 0 Å². The highest BCUT2D eigenvalue weighted by atomic mass is 16.5. The zero-order valence-corrected chi connectivity index (χ0v) is 9.42. The van der Waals surface area contributed by atoms with Crippen molar-refractivity contribution in [1.29, 1.82) is 0 Å². The maximum Gasteiger partial charge on any atom is 0.148 e. The van der Waals surface area contributed by atoms with Gasteiger partial charge in [-0.25, -0.2) is 0 Å². The molecule has 0 spiro atoms. The van der Waals surface area contributed by atoms with Gasteiger partial charge in [-0.3, -0.25) is 4.68 Å². The number of aromatic nitrogens is 2. The zero-order chi connectivity index (χ0) is 11.8. The number of hydrogen-bond acceptors (Lipinski definition) is 4. The number of phenolic OH excluding ortho intramolecular Hbond substituents is 1. The Bertz CT molecular complexity index is 550. The second-order valence-electron chi connectivity index (χ2n) is 4.10. The molecule has 1 aromatic heterocycles. The molecule has 0 radical (unpaired) electrons. The fraction of sp³-hybridized carbons (Fsp3) is 0.250. The van der Waals surface area contributed by atoms with E-state index in [2.05, 4.69) is 10.4 Å². The lowest BCUT2D eigenvalue weighted by Gasteiger charge is -2.10. The summed E-state index contributed by atoms with van der Waals surface area (Å²) >= 11 is 0. The second-order valence-corrected chi connectivity index (χ2v) is 4.10. The van der Waals surface area contributed by atoms with Crippen molar-refractivity contribution in [2.75, 3.05) is 11.9 Å². The van der Waals surface area contributed by atoms with Gasteiger partial charge < -0.3 is 15.2 Å². The van der Waals surface area contributed by atoms with E-state index >= 15 is 0 Å². The van der Waals surface area contributed by atoms with E-state index in [1.165, 1.54) is 0 Å². The van der Waals surface area contributed by atoms with Crippen LogP contribution in [0.25, 0.3) is 0 Å². The predicted molar refractivity (Wildman–Crippen MR) is 63.2 cm³/mol. The Kier molecular flexibility index (Phi) is 2.18. The molecule has 0 amide bonds. The summed E-state index contributed by atoms with van der Waals surface area (Å²) in [7, 11) is 1.88. The number of nitrogens with one attached hydrogen (secondary N) is 1. The summed E-state index contributed by atoms with van der Waals surface area (Å²) in [5.41, 5.74) is 1.05. The quantitative estimate of drug-likeness (QED) is 0.825. The van der Waals surface area contributed by atoms with E-state index in [-0.39, 0.29) is 11.8 Å². The molecule has 5 heteroatoms. The van der Waals surface area contributed by atoms with E-state index in [1.807, 2.05) is 25.4 Å². The van der Waals surface area contributed by atoms with Gasteiger partial charge in [-0.2, -0.15) is 5.10 Å². The van der Waals surface area contributed by atoms with Crippen LogP contribution in [0, 0.1) is 0 Å². The number of aryl methyl sites for hydroxylation is 1. The highest BCUT2D eigenvalue weighted by Crippen LogP contribution is 2.36. The van der Waals surface area contributed by atoms with E-state index in [0.717, 1.165) is 17.1 Å². The van der Waals surface area contributed by atoms with Crippen molar-refractivity contribution in [2.45, 2.75) is 6.04 Å². The Balaban J connectivity index is 1.84. The molecule has 1 aromatic carbocycles. The second kappa shape index (κ2) is 3.69. The van der Waals surface area contributed by atoms with Crippen LogP contribution in [-0.2, 0) is 7.05 Å². The number of nitrogens with zero attached hydrogens (tertiary/aromatic N) is 2. The highest BCUT2D eigenvalue weighted by molar-refractivity contribution is 5.48. The molecule has 1 aliphatic rings. The summed E-state index contributed by atoms with van der Waals surface area (Å²) < 4.78 is 7.26. The standard InChI is InChI=1S/C12H13N3O2/c1-15-5-4-12(14-15)13-10-7-17-11-6-8(16)2-3-9(10)11/h2-6,10,16H,7H2,1H3,(H,13,14). The van der Waals surface area contributed by atoms with E-state index in [4.69, 9.17) is 4.74 Å². The fourth-order valence-corrected chi connectivity index (χ4v) is 1.99. The SMILES string of the molecule is Cn1ccc(NC2COc3cc(O)ccc32)n1. The first-order chi connectivity index (χ1) is 8.22. The lowest BCUT2D eigenvalue weighted by molar-refractivity contribution is 0.338. The molecular weight excluding hydrogens is 218 g/mol. The van der Waals surface area contributed by atoms with Gasteiger partial charge in [0.2, 0.25) is 0 Å². The van der Waals surface area contributed by atoms with Crippen LogP contribution in [0.5, 0.6) is 11.5 Å². The van der Waals surface area contributed by atoms with Crippen LogP contribution in [0.1, 0.15) is 11.6 Å². The van der Waals surface area contributed by atoms with Gasteiger partial charge in [-0.05, 0) is 12.1 Å². The molecule has 0 aliphatic carbocycles. The molecule has 0 saturated heterocycles. The summed E-state index contributed by atoms with van der Waals surface area (Å²) in [4.78, 5) is 0. The first-order valence-electron chi connectivity index (χ1n) is 5.44. The Labute approximate surface area is 98.6 Å². The van der Waals surface area contributed by atoms with E-state index in [0.29, 0.717) is 6.61 Å². The lowest BCUT2D eigenvalue weighted by atomic mass is 10.1. The number of phenols is 1. The third-order valence-electron chi connectivity index (χ3n) is 2.81. The van der Waals surface area contributed by atoms with Crippen LogP contribution in [0.2, 0.25) is 0 Å². The van der Waals surface area contributed by atoms with Crippen LogP contribution < -0.4 is 10.1 Å². The number of aromatic hydroxyl groups is 1. The maximum absolute atomic E-state index is 9.36. The smallest absolute Gasteiger partial charge is 0.148 e. The average Bonchev–Trinajstić information content (AvgIpc) is 2.86. The molecule has 2 N–H and O–H groups in total. The Morgan fingerprint density at radius 1 is 1.47 bits per heavy atom. The zero-order valence-electron chi connectivity index (χ0n) is 9.42. The van der Waals surface area contributed by atoms with Crippen molar-refractivity contribution >= 4 is 5.82 Å². The van der Waals surface area contributed by atoms with Gasteiger partial charge >= 0.3 is 0 Å². The first kappa shape index (κ1) is 10.0. The first-order valence-corrected chi connectivity index (χ1v) is 5.44. The number of rotatable bonds is 2. The van der Waals surface area contributed by atoms with Crippen LogP contribution >= 0.6 is 0 Å². The van der Waals surface area contributed by atoms with Crippen LogP contribution in [0.3, 0.4) is 0 Å². The molecule has 88 valence electrons. The van der Waals surface area contributed by atoms with Gasteiger partial charge in [0, 0.05) is 30.9 Å². The molecule has 2 aromatic rings. The van der Waals surface area contributed by atoms with Gasteiger partial charge in [0.25, 0.3) is 0 Å². The molecule has 0 saturated carbocycles.